The van der Waals surface area contributed by atoms with E-state index in [-0.39, 0.29) is 11.9 Å². The minimum atomic E-state index is 0.00134. The van der Waals surface area contributed by atoms with Crippen molar-refractivity contribution in [3.8, 4) is 0 Å². The van der Waals surface area contributed by atoms with Crippen LogP contribution in [0, 0.1) is 0 Å². The topological polar surface area (TPSA) is 55.9 Å². The maximum Gasteiger partial charge on any atom is 0.317 e. The minimum absolute atomic E-state index is 0.00134. The van der Waals surface area contributed by atoms with Crippen LogP contribution in [0.2, 0.25) is 0 Å². The van der Waals surface area contributed by atoms with Gasteiger partial charge >= 0.3 is 6.03 Å². The van der Waals surface area contributed by atoms with Gasteiger partial charge in [0.1, 0.15) is 0 Å². The average molecular weight is 344 g/mol. The molecule has 0 bridgehead atoms. The zero-order chi connectivity index (χ0) is 17.5. The number of nitrogens with one attached hydrogen (secondary N) is 1. The molecule has 2 aliphatic heterocycles. The minimum Gasteiger partial charge on any atom is -0.342 e. The number of carbonyl (C=O) groups excluding carboxylic acids is 2. The van der Waals surface area contributed by atoms with Crippen molar-refractivity contribution in [2.45, 2.75) is 19.3 Å². The lowest BCUT2D eigenvalue weighted by atomic mass is 10.1. The summed E-state index contributed by atoms with van der Waals surface area (Å²) >= 11 is 0. The van der Waals surface area contributed by atoms with Crippen molar-refractivity contribution in [1.29, 1.82) is 0 Å². The Labute approximate surface area is 149 Å². The maximum atomic E-state index is 12.2. The summed E-state index contributed by atoms with van der Waals surface area (Å²) in [5.41, 5.74) is 1.23. The van der Waals surface area contributed by atoms with Crippen LogP contribution in [0.15, 0.2) is 30.3 Å². The zero-order valence-electron chi connectivity index (χ0n) is 14.8. The van der Waals surface area contributed by atoms with Crippen molar-refractivity contribution < 1.29 is 9.59 Å². The number of amides is 3. The van der Waals surface area contributed by atoms with Gasteiger partial charge in [-0.3, -0.25) is 9.69 Å². The van der Waals surface area contributed by atoms with E-state index in [9.17, 15) is 9.59 Å². The number of carbonyl (C=O) groups is 2. The Kier molecular flexibility index (Phi) is 6.28. The Balaban J connectivity index is 1.33. The highest BCUT2D eigenvalue weighted by Crippen LogP contribution is 2.09. The maximum absolute atomic E-state index is 12.2. The number of piperazine rings is 1. The van der Waals surface area contributed by atoms with Gasteiger partial charge in [0.15, 0.2) is 0 Å². The lowest BCUT2D eigenvalue weighted by molar-refractivity contribution is -0.131. The molecule has 136 valence electrons. The van der Waals surface area contributed by atoms with E-state index in [1.54, 1.807) is 0 Å². The Morgan fingerprint density at radius 2 is 1.56 bits per heavy atom. The second kappa shape index (κ2) is 8.85. The first-order valence-electron chi connectivity index (χ1n) is 9.29. The normalized spacial score (nSPS) is 18.4. The van der Waals surface area contributed by atoms with Crippen LogP contribution >= 0.6 is 0 Å². The van der Waals surface area contributed by atoms with E-state index < -0.39 is 0 Å². The molecule has 0 saturated carbocycles. The molecule has 25 heavy (non-hydrogen) atoms. The molecular formula is C19H28N4O2. The van der Waals surface area contributed by atoms with Gasteiger partial charge in [-0.1, -0.05) is 30.3 Å². The van der Waals surface area contributed by atoms with Crippen molar-refractivity contribution in [3.05, 3.63) is 35.9 Å². The smallest absolute Gasteiger partial charge is 0.317 e. The van der Waals surface area contributed by atoms with E-state index in [0.29, 0.717) is 26.2 Å². The zero-order valence-corrected chi connectivity index (χ0v) is 14.8. The van der Waals surface area contributed by atoms with Gasteiger partial charge in [0.2, 0.25) is 5.91 Å². The summed E-state index contributed by atoms with van der Waals surface area (Å²) in [6.45, 7) is 5.86. The summed E-state index contributed by atoms with van der Waals surface area (Å²) in [6, 6.07) is 10.2. The molecule has 2 aliphatic rings. The first-order valence-corrected chi connectivity index (χ1v) is 9.29. The van der Waals surface area contributed by atoms with Gasteiger partial charge in [0.05, 0.1) is 6.54 Å². The monoisotopic (exact) mass is 344 g/mol. The molecule has 2 fully saturated rings. The number of likely N-dealkylation sites (tertiary alicyclic amines) is 1. The van der Waals surface area contributed by atoms with Gasteiger partial charge in [-0.05, 0) is 24.8 Å². The molecule has 0 aliphatic carbocycles. The number of nitrogens with zero attached hydrogens (tertiary/aromatic N) is 3. The van der Waals surface area contributed by atoms with E-state index in [0.717, 1.165) is 45.4 Å². The summed E-state index contributed by atoms with van der Waals surface area (Å²) in [4.78, 5) is 30.4. The van der Waals surface area contributed by atoms with E-state index in [1.807, 2.05) is 28.0 Å². The van der Waals surface area contributed by atoms with Crippen LogP contribution in [0.4, 0.5) is 4.79 Å². The van der Waals surface area contributed by atoms with Gasteiger partial charge < -0.3 is 15.1 Å². The summed E-state index contributed by atoms with van der Waals surface area (Å²) < 4.78 is 0. The molecule has 1 aromatic carbocycles. The first-order chi connectivity index (χ1) is 12.2. The molecule has 0 atom stereocenters. The second-order valence-electron chi connectivity index (χ2n) is 6.82. The Hall–Kier alpha value is -2.08. The largest absolute Gasteiger partial charge is 0.342 e. The Morgan fingerprint density at radius 1 is 0.880 bits per heavy atom. The molecule has 3 amide bonds. The van der Waals surface area contributed by atoms with Crippen LogP contribution in [-0.4, -0.2) is 79.0 Å². The third-order valence-corrected chi connectivity index (χ3v) is 5.01. The molecule has 0 radical (unpaired) electrons. The third kappa shape index (κ3) is 5.19. The summed E-state index contributed by atoms with van der Waals surface area (Å²) in [7, 11) is 0. The molecule has 6 heteroatoms. The molecule has 1 N–H and O–H groups in total. The summed E-state index contributed by atoms with van der Waals surface area (Å²) in [6.07, 6.45) is 3.10. The van der Waals surface area contributed by atoms with E-state index in [1.165, 1.54) is 5.56 Å². The van der Waals surface area contributed by atoms with Gasteiger partial charge in [0, 0.05) is 45.8 Å². The number of hydrogen-bond donors (Lipinski definition) is 1. The van der Waals surface area contributed by atoms with Gasteiger partial charge in [-0.15, -0.1) is 0 Å². The fourth-order valence-corrected chi connectivity index (χ4v) is 3.44. The van der Waals surface area contributed by atoms with Gasteiger partial charge in [-0.25, -0.2) is 4.79 Å². The van der Waals surface area contributed by atoms with Crippen LogP contribution in [-0.2, 0) is 11.2 Å². The molecular weight excluding hydrogens is 316 g/mol. The predicted octanol–water partition coefficient (Wildman–Crippen LogP) is 1.18. The fraction of sp³-hybridized carbons (Fsp3) is 0.579. The Bertz CT molecular complexity index is 564. The first kappa shape index (κ1) is 17.7. The van der Waals surface area contributed by atoms with Crippen LogP contribution in [0.3, 0.4) is 0 Å². The molecule has 6 nitrogen and oxygen atoms in total. The van der Waals surface area contributed by atoms with Gasteiger partial charge in [-0.2, -0.15) is 0 Å². The lowest BCUT2D eigenvalue weighted by Crippen LogP contribution is -2.53. The lowest BCUT2D eigenvalue weighted by Gasteiger charge is -2.35. The van der Waals surface area contributed by atoms with Crippen molar-refractivity contribution in [3.63, 3.8) is 0 Å². The fourth-order valence-electron chi connectivity index (χ4n) is 3.44. The van der Waals surface area contributed by atoms with E-state index in [2.05, 4.69) is 22.3 Å². The highest BCUT2D eigenvalue weighted by Gasteiger charge is 2.25. The van der Waals surface area contributed by atoms with Crippen LogP contribution in [0.1, 0.15) is 18.4 Å². The van der Waals surface area contributed by atoms with Crippen molar-refractivity contribution in [2.24, 2.45) is 0 Å². The van der Waals surface area contributed by atoms with Crippen molar-refractivity contribution in [2.75, 3.05) is 52.4 Å². The third-order valence-electron chi connectivity index (χ3n) is 5.01. The quantitative estimate of drug-likeness (QED) is 0.873. The molecule has 2 saturated heterocycles. The molecule has 1 aromatic rings. The summed E-state index contributed by atoms with van der Waals surface area (Å²) in [5.74, 6) is 0.235. The van der Waals surface area contributed by atoms with Gasteiger partial charge in [0.25, 0.3) is 0 Å². The average Bonchev–Trinajstić information content (AvgIpc) is 3.18. The van der Waals surface area contributed by atoms with Crippen molar-refractivity contribution >= 4 is 11.9 Å². The van der Waals surface area contributed by atoms with Crippen LogP contribution in [0.5, 0.6) is 0 Å². The highest BCUT2D eigenvalue weighted by molar-refractivity contribution is 5.78. The van der Waals surface area contributed by atoms with Crippen LogP contribution in [0.25, 0.3) is 0 Å². The van der Waals surface area contributed by atoms with E-state index >= 15 is 0 Å². The number of rotatable bonds is 5. The SMILES string of the molecule is O=C(CN1CCN(C(=O)NCCc2ccccc2)CC1)N1CCCC1. The molecule has 0 unspecified atom stereocenters. The highest BCUT2D eigenvalue weighted by atomic mass is 16.2. The molecule has 0 aromatic heterocycles. The number of benzene rings is 1. The summed E-state index contributed by atoms with van der Waals surface area (Å²) in [5, 5.41) is 2.99. The van der Waals surface area contributed by atoms with Crippen LogP contribution < -0.4 is 5.32 Å². The molecule has 0 spiro atoms. The second-order valence-corrected chi connectivity index (χ2v) is 6.82. The molecule has 3 rings (SSSR count). The molecule has 2 heterocycles. The Morgan fingerprint density at radius 3 is 2.24 bits per heavy atom. The predicted molar refractivity (Wildman–Crippen MR) is 97.4 cm³/mol. The van der Waals surface area contributed by atoms with E-state index in [4.69, 9.17) is 0 Å². The standard InChI is InChI=1S/C19H28N4O2/c24-18(22-10-4-5-11-22)16-21-12-14-23(15-13-21)19(25)20-9-8-17-6-2-1-3-7-17/h1-3,6-7H,4-5,8-16H2,(H,20,25). The number of urea groups is 1. The number of hydrogen-bond acceptors (Lipinski definition) is 3. The van der Waals surface area contributed by atoms with Crippen molar-refractivity contribution in [1.82, 2.24) is 20.0 Å².